The lowest BCUT2D eigenvalue weighted by molar-refractivity contribution is -0.136. The van der Waals surface area contributed by atoms with Gasteiger partial charge in [0.25, 0.3) is 0 Å². The summed E-state index contributed by atoms with van der Waals surface area (Å²) in [6.45, 7) is 0. The van der Waals surface area contributed by atoms with Crippen molar-refractivity contribution in [2.45, 2.75) is 11.3 Å². The van der Waals surface area contributed by atoms with Crippen LogP contribution >= 0.6 is 0 Å². The van der Waals surface area contributed by atoms with Gasteiger partial charge >= 0.3 is 5.97 Å². The van der Waals surface area contributed by atoms with Gasteiger partial charge in [0.15, 0.2) is 9.84 Å². The van der Waals surface area contributed by atoms with Gasteiger partial charge in [-0.15, -0.1) is 0 Å². The summed E-state index contributed by atoms with van der Waals surface area (Å²) in [4.78, 5) is 10.6. The smallest absolute Gasteiger partial charge is 0.307 e. The van der Waals surface area contributed by atoms with Crippen LogP contribution in [0.1, 0.15) is 5.56 Å². The van der Waals surface area contributed by atoms with Crippen molar-refractivity contribution in [2.24, 2.45) is 0 Å². The van der Waals surface area contributed by atoms with E-state index in [1.807, 2.05) is 0 Å². The third-order valence-electron chi connectivity index (χ3n) is 2.01. The third kappa shape index (κ3) is 2.73. The maximum atomic E-state index is 11.4. The van der Waals surface area contributed by atoms with Crippen LogP contribution in [0.15, 0.2) is 23.1 Å². The molecule has 0 spiro atoms. The molecular formula is C10H12O5S. The number of para-hydroxylation sites is 1. The lowest BCUT2D eigenvalue weighted by Gasteiger charge is -2.10. The molecule has 88 valence electrons. The fourth-order valence-electron chi connectivity index (χ4n) is 1.39. The largest absolute Gasteiger partial charge is 0.495 e. The average molecular weight is 244 g/mol. The van der Waals surface area contributed by atoms with Gasteiger partial charge in [-0.2, -0.15) is 0 Å². The van der Waals surface area contributed by atoms with E-state index in [4.69, 9.17) is 9.84 Å². The number of rotatable bonds is 4. The van der Waals surface area contributed by atoms with Crippen molar-refractivity contribution in [3.8, 4) is 5.75 Å². The van der Waals surface area contributed by atoms with E-state index in [0.717, 1.165) is 6.26 Å². The van der Waals surface area contributed by atoms with E-state index >= 15 is 0 Å². The molecule has 1 aromatic rings. The topological polar surface area (TPSA) is 80.7 Å². The molecule has 0 heterocycles. The Hall–Kier alpha value is -1.56. The van der Waals surface area contributed by atoms with Crippen molar-refractivity contribution in [1.29, 1.82) is 0 Å². The second kappa shape index (κ2) is 4.52. The summed E-state index contributed by atoms with van der Waals surface area (Å²) in [7, 11) is -2.11. The van der Waals surface area contributed by atoms with Gasteiger partial charge in [-0.1, -0.05) is 12.1 Å². The second-order valence-electron chi connectivity index (χ2n) is 3.29. The predicted molar refractivity (Wildman–Crippen MR) is 57.4 cm³/mol. The highest BCUT2D eigenvalue weighted by Crippen LogP contribution is 2.28. The highest BCUT2D eigenvalue weighted by molar-refractivity contribution is 7.90. The minimum absolute atomic E-state index is 0.00810. The van der Waals surface area contributed by atoms with Crippen molar-refractivity contribution in [1.82, 2.24) is 0 Å². The third-order valence-corrected chi connectivity index (χ3v) is 3.13. The van der Waals surface area contributed by atoms with Gasteiger partial charge in [0, 0.05) is 11.8 Å². The van der Waals surface area contributed by atoms with E-state index in [2.05, 4.69) is 0 Å². The van der Waals surface area contributed by atoms with Crippen LogP contribution in [0.25, 0.3) is 0 Å². The van der Waals surface area contributed by atoms with Gasteiger partial charge in [-0.3, -0.25) is 4.79 Å². The Kier molecular flexibility index (Phi) is 3.54. The number of carboxylic acid groups (broad SMARTS) is 1. The first-order valence-electron chi connectivity index (χ1n) is 4.44. The van der Waals surface area contributed by atoms with Crippen molar-refractivity contribution in [3.05, 3.63) is 23.8 Å². The van der Waals surface area contributed by atoms with Crippen LogP contribution in [0, 0.1) is 0 Å². The molecule has 0 atom stereocenters. The summed E-state index contributed by atoms with van der Waals surface area (Å²) in [5.74, 6) is -0.934. The van der Waals surface area contributed by atoms with Crippen molar-refractivity contribution in [2.75, 3.05) is 13.4 Å². The molecule has 0 radical (unpaired) electrons. The number of hydrogen-bond acceptors (Lipinski definition) is 4. The van der Waals surface area contributed by atoms with Crippen molar-refractivity contribution < 1.29 is 23.1 Å². The molecule has 0 aliphatic heterocycles. The zero-order valence-electron chi connectivity index (χ0n) is 8.93. The molecule has 0 fully saturated rings. The number of carbonyl (C=O) groups is 1. The Balaban J connectivity index is 3.38. The van der Waals surface area contributed by atoms with Crippen LogP contribution in [0.4, 0.5) is 0 Å². The summed E-state index contributed by atoms with van der Waals surface area (Å²) in [6, 6.07) is 4.42. The lowest BCUT2D eigenvalue weighted by Crippen LogP contribution is -2.06. The molecule has 6 heteroatoms. The van der Waals surface area contributed by atoms with Crippen molar-refractivity contribution >= 4 is 15.8 Å². The van der Waals surface area contributed by atoms with Crippen LogP contribution in [-0.4, -0.2) is 32.9 Å². The second-order valence-corrected chi connectivity index (χ2v) is 5.28. The summed E-state index contributed by atoms with van der Waals surface area (Å²) < 4.78 is 27.8. The van der Waals surface area contributed by atoms with Gasteiger partial charge in [-0.05, 0) is 6.07 Å². The maximum Gasteiger partial charge on any atom is 0.307 e. The molecular weight excluding hydrogens is 232 g/mol. The molecule has 0 aliphatic carbocycles. The number of aliphatic carboxylic acids is 1. The van der Waals surface area contributed by atoms with E-state index in [9.17, 15) is 13.2 Å². The average Bonchev–Trinajstić information content (AvgIpc) is 2.15. The number of ether oxygens (including phenoxy) is 1. The van der Waals surface area contributed by atoms with E-state index in [1.54, 1.807) is 0 Å². The normalized spacial score (nSPS) is 11.1. The summed E-state index contributed by atoms with van der Waals surface area (Å²) >= 11 is 0. The van der Waals surface area contributed by atoms with Crippen LogP contribution in [0.3, 0.4) is 0 Å². The summed E-state index contributed by atoms with van der Waals surface area (Å²) in [6.07, 6.45) is 0.780. The summed E-state index contributed by atoms with van der Waals surface area (Å²) in [5, 5.41) is 8.68. The van der Waals surface area contributed by atoms with E-state index in [-0.39, 0.29) is 17.1 Å². The zero-order chi connectivity index (χ0) is 12.3. The van der Waals surface area contributed by atoms with Crippen LogP contribution in [-0.2, 0) is 21.1 Å². The highest BCUT2D eigenvalue weighted by Gasteiger charge is 2.18. The minimum Gasteiger partial charge on any atom is -0.495 e. The minimum atomic E-state index is -3.42. The van der Waals surface area contributed by atoms with E-state index < -0.39 is 15.8 Å². The maximum absolute atomic E-state index is 11.4. The van der Waals surface area contributed by atoms with Crippen LogP contribution in [0.5, 0.6) is 5.75 Å². The molecule has 1 rings (SSSR count). The molecule has 0 bridgehead atoms. The van der Waals surface area contributed by atoms with Gasteiger partial charge in [0.2, 0.25) is 0 Å². The number of hydrogen-bond donors (Lipinski definition) is 1. The fourth-order valence-corrected chi connectivity index (χ4v) is 2.26. The number of sulfone groups is 1. The molecule has 0 amide bonds. The Morgan fingerprint density at radius 1 is 1.44 bits per heavy atom. The monoisotopic (exact) mass is 244 g/mol. The SMILES string of the molecule is COc1c(CC(=O)O)cccc1S(C)(=O)=O. The van der Waals surface area contributed by atoms with E-state index in [1.165, 1.54) is 25.3 Å². The molecule has 16 heavy (non-hydrogen) atoms. The Morgan fingerprint density at radius 3 is 2.50 bits per heavy atom. The molecule has 0 saturated carbocycles. The predicted octanol–water partition coefficient (Wildman–Crippen LogP) is 0.726. The van der Waals surface area contributed by atoms with Crippen molar-refractivity contribution in [3.63, 3.8) is 0 Å². The first kappa shape index (κ1) is 12.5. The van der Waals surface area contributed by atoms with Crippen LogP contribution in [0.2, 0.25) is 0 Å². The van der Waals surface area contributed by atoms with Gasteiger partial charge < -0.3 is 9.84 Å². The fraction of sp³-hybridized carbons (Fsp3) is 0.300. The van der Waals surface area contributed by atoms with Gasteiger partial charge in [-0.25, -0.2) is 8.42 Å². The van der Waals surface area contributed by atoms with Crippen LogP contribution < -0.4 is 4.74 Å². The molecule has 0 aliphatic rings. The first-order valence-corrected chi connectivity index (χ1v) is 6.33. The standard InChI is InChI=1S/C10H12O5S/c1-15-10-7(6-9(11)12)4-3-5-8(10)16(2,13)14/h3-5H,6H2,1-2H3,(H,11,12). The number of methoxy groups -OCH3 is 1. The van der Waals surface area contributed by atoms with Gasteiger partial charge in [0.1, 0.15) is 10.6 Å². The molecule has 0 unspecified atom stereocenters. The zero-order valence-corrected chi connectivity index (χ0v) is 9.74. The molecule has 0 aromatic heterocycles. The highest BCUT2D eigenvalue weighted by atomic mass is 32.2. The van der Waals surface area contributed by atoms with Gasteiger partial charge in [0.05, 0.1) is 13.5 Å². The Bertz CT molecular complexity index is 504. The molecule has 5 nitrogen and oxygen atoms in total. The van der Waals surface area contributed by atoms with E-state index in [0.29, 0.717) is 5.56 Å². The number of carboxylic acids is 1. The molecule has 1 N–H and O–H groups in total. The molecule has 1 aromatic carbocycles. The lowest BCUT2D eigenvalue weighted by atomic mass is 10.1. The first-order chi connectivity index (χ1) is 7.36. The molecule has 0 saturated heterocycles. The Labute approximate surface area is 93.6 Å². The quantitative estimate of drug-likeness (QED) is 0.844. The Morgan fingerprint density at radius 2 is 2.06 bits per heavy atom. The number of benzene rings is 1. The summed E-state index contributed by atoms with van der Waals surface area (Å²) in [5.41, 5.74) is 0.345.